The summed E-state index contributed by atoms with van der Waals surface area (Å²) in [6, 6.07) is 0. The number of aryl methyl sites for hydroxylation is 2. The molecule has 3 heteroatoms. The van der Waals surface area contributed by atoms with Crippen LogP contribution < -0.4 is 4.68 Å². The average molecular weight is 112 g/mol. The first kappa shape index (κ1) is 5.28. The Bertz CT molecular complexity index is 168. The lowest BCUT2D eigenvalue weighted by atomic mass is 10.7. The van der Waals surface area contributed by atoms with Gasteiger partial charge in [0.15, 0.2) is 12.4 Å². The standard InChI is InChI=1S/C5H10N3/c1-3-8-5-4-7(2)6-8/h4-5H,3H2,1-2H3/q+1. The maximum absolute atomic E-state index is 4.06. The Kier molecular flexibility index (Phi) is 1.28. The first-order valence-corrected chi connectivity index (χ1v) is 2.72. The predicted octanol–water partition coefficient (Wildman–Crippen LogP) is -0.273. The highest BCUT2D eigenvalue weighted by Gasteiger charge is 1.94. The summed E-state index contributed by atoms with van der Waals surface area (Å²) in [6.45, 7) is 3.01. The van der Waals surface area contributed by atoms with E-state index in [1.807, 2.05) is 24.1 Å². The Morgan fingerprint density at radius 3 is 2.75 bits per heavy atom. The second kappa shape index (κ2) is 1.94. The third kappa shape index (κ3) is 0.857. The molecular formula is C5H10N3+. The highest BCUT2D eigenvalue weighted by atomic mass is 15.5. The van der Waals surface area contributed by atoms with Gasteiger partial charge in [0.1, 0.15) is 13.6 Å². The summed E-state index contributed by atoms with van der Waals surface area (Å²) >= 11 is 0. The Balaban J connectivity index is 2.84. The van der Waals surface area contributed by atoms with Crippen molar-refractivity contribution in [3.63, 3.8) is 0 Å². The highest BCUT2D eigenvalue weighted by Crippen LogP contribution is 1.73. The van der Waals surface area contributed by atoms with Crippen LogP contribution in [0.1, 0.15) is 6.92 Å². The van der Waals surface area contributed by atoms with Crippen LogP contribution in [0, 0.1) is 0 Å². The fourth-order valence-electron chi connectivity index (χ4n) is 0.583. The molecule has 0 N–H and O–H groups in total. The van der Waals surface area contributed by atoms with Gasteiger partial charge in [0.25, 0.3) is 0 Å². The maximum atomic E-state index is 4.06. The first-order chi connectivity index (χ1) is 3.83. The third-order valence-electron chi connectivity index (χ3n) is 1.03. The van der Waals surface area contributed by atoms with Gasteiger partial charge in [-0.05, 0) is 6.92 Å². The molecule has 0 saturated heterocycles. The molecule has 1 rings (SSSR count). The minimum absolute atomic E-state index is 0.945. The van der Waals surface area contributed by atoms with Crippen molar-refractivity contribution in [3.8, 4) is 0 Å². The zero-order valence-corrected chi connectivity index (χ0v) is 5.20. The van der Waals surface area contributed by atoms with Crippen molar-refractivity contribution in [2.45, 2.75) is 13.5 Å². The van der Waals surface area contributed by atoms with Crippen LogP contribution in [0.3, 0.4) is 0 Å². The molecule has 0 atom stereocenters. The average Bonchev–Trinajstić information content (AvgIpc) is 2.14. The van der Waals surface area contributed by atoms with E-state index in [1.165, 1.54) is 0 Å². The molecule has 0 aliphatic carbocycles. The molecule has 0 aliphatic heterocycles. The van der Waals surface area contributed by atoms with Crippen molar-refractivity contribution >= 4 is 0 Å². The van der Waals surface area contributed by atoms with E-state index in [2.05, 4.69) is 12.1 Å². The Labute approximate surface area is 48.5 Å². The number of hydrogen-bond donors (Lipinski definition) is 0. The molecule has 0 radical (unpaired) electrons. The Morgan fingerprint density at radius 2 is 2.50 bits per heavy atom. The maximum Gasteiger partial charge on any atom is 0.155 e. The summed E-state index contributed by atoms with van der Waals surface area (Å²) in [4.78, 5) is 0. The zero-order valence-electron chi connectivity index (χ0n) is 5.20. The van der Waals surface area contributed by atoms with Crippen molar-refractivity contribution in [3.05, 3.63) is 12.4 Å². The number of nitrogens with zero attached hydrogens (tertiary/aromatic N) is 3. The van der Waals surface area contributed by atoms with E-state index in [-0.39, 0.29) is 0 Å². The predicted molar refractivity (Wildman–Crippen MR) is 29.1 cm³/mol. The molecular weight excluding hydrogens is 102 g/mol. The van der Waals surface area contributed by atoms with E-state index in [4.69, 9.17) is 0 Å². The van der Waals surface area contributed by atoms with Gasteiger partial charge in [-0.15, -0.1) is 9.36 Å². The van der Waals surface area contributed by atoms with Crippen LogP contribution in [0.15, 0.2) is 12.4 Å². The van der Waals surface area contributed by atoms with Crippen LogP contribution in [-0.2, 0) is 13.6 Å². The second-order valence-electron chi connectivity index (χ2n) is 1.72. The van der Waals surface area contributed by atoms with Gasteiger partial charge in [0, 0.05) is 0 Å². The molecule has 0 spiro atoms. The van der Waals surface area contributed by atoms with E-state index in [0.29, 0.717) is 0 Å². The summed E-state index contributed by atoms with van der Waals surface area (Å²) in [6.07, 6.45) is 3.86. The minimum Gasteiger partial charge on any atom is -0.141 e. The van der Waals surface area contributed by atoms with Gasteiger partial charge in [-0.3, -0.25) is 0 Å². The lowest BCUT2D eigenvalue weighted by molar-refractivity contribution is -0.732. The number of hydrogen-bond acceptors (Lipinski definition) is 1. The lowest BCUT2D eigenvalue weighted by Gasteiger charge is -1.77. The van der Waals surface area contributed by atoms with Crippen LogP contribution in [0.2, 0.25) is 0 Å². The molecule has 0 aliphatic rings. The van der Waals surface area contributed by atoms with Gasteiger partial charge in [0.2, 0.25) is 0 Å². The van der Waals surface area contributed by atoms with Crippen LogP contribution >= 0.6 is 0 Å². The molecule has 1 aromatic rings. The summed E-state index contributed by atoms with van der Waals surface area (Å²) < 4.78 is 3.66. The van der Waals surface area contributed by atoms with Gasteiger partial charge >= 0.3 is 0 Å². The molecule has 0 aromatic carbocycles. The smallest absolute Gasteiger partial charge is 0.141 e. The topological polar surface area (TPSA) is 21.7 Å². The quantitative estimate of drug-likeness (QED) is 0.458. The monoisotopic (exact) mass is 112 g/mol. The molecule has 0 saturated carbocycles. The van der Waals surface area contributed by atoms with E-state index >= 15 is 0 Å². The van der Waals surface area contributed by atoms with Crippen molar-refractivity contribution < 1.29 is 4.68 Å². The van der Waals surface area contributed by atoms with Crippen molar-refractivity contribution in [1.82, 2.24) is 9.90 Å². The fraction of sp³-hybridized carbons (Fsp3) is 0.600. The molecule has 1 heterocycles. The van der Waals surface area contributed by atoms with E-state index in [9.17, 15) is 0 Å². The van der Waals surface area contributed by atoms with Crippen LogP contribution in [0.5, 0.6) is 0 Å². The van der Waals surface area contributed by atoms with E-state index in [1.54, 1.807) is 4.68 Å². The lowest BCUT2D eigenvalue weighted by Crippen LogP contribution is -2.30. The van der Waals surface area contributed by atoms with E-state index in [0.717, 1.165) is 6.54 Å². The number of rotatable bonds is 1. The van der Waals surface area contributed by atoms with Gasteiger partial charge in [-0.2, -0.15) is 0 Å². The first-order valence-electron chi connectivity index (χ1n) is 2.72. The fourth-order valence-corrected chi connectivity index (χ4v) is 0.583. The van der Waals surface area contributed by atoms with Crippen molar-refractivity contribution in [2.24, 2.45) is 7.05 Å². The van der Waals surface area contributed by atoms with Gasteiger partial charge < -0.3 is 0 Å². The minimum atomic E-state index is 0.945. The third-order valence-corrected chi connectivity index (χ3v) is 1.03. The largest absolute Gasteiger partial charge is 0.155 e. The zero-order chi connectivity index (χ0) is 5.98. The molecule has 0 amide bonds. The second-order valence-corrected chi connectivity index (χ2v) is 1.72. The Morgan fingerprint density at radius 1 is 1.75 bits per heavy atom. The number of aromatic nitrogens is 3. The molecule has 0 unspecified atom stereocenters. The van der Waals surface area contributed by atoms with Crippen LogP contribution in [-0.4, -0.2) is 9.90 Å². The Hall–Kier alpha value is -0.860. The summed E-state index contributed by atoms with van der Waals surface area (Å²) in [5, 5.41) is 4.06. The molecule has 8 heavy (non-hydrogen) atoms. The van der Waals surface area contributed by atoms with Crippen LogP contribution in [0.4, 0.5) is 0 Å². The van der Waals surface area contributed by atoms with E-state index < -0.39 is 0 Å². The molecule has 44 valence electrons. The van der Waals surface area contributed by atoms with Crippen molar-refractivity contribution in [1.29, 1.82) is 0 Å². The normalized spacial score (nSPS) is 9.75. The highest BCUT2D eigenvalue weighted by molar-refractivity contribution is 4.55. The molecule has 0 fully saturated rings. The molecule has 0 bridgehead atoms. The summed E-state index contributed by atoms with van der Waals surface area (Å²) in [5.41, 5.74) is 0. The SMILES string of the molecule is CCn1cc[n+](C)n1. The van der Waals surface area contributed by atoms with Gasteiger partial charge in [-0.25, -0.2) is 0 Å². The summed E-state index contributed by atoms with van der Waals surface area (Å²) in [5.74, 6) is 0. The summed E-state index contributed by atoms with van der Waals surface area (Å²) in [7, 11) is 1.91. The van der Waals surface area contributed by atoms with Gasteiger partial charge in [-0.1, -0.05) is 0 Å². The van der Waals surface area contributed by atoms with Crippen LogP contribution in [0.25, 0.3) is 0 Å². The molecule has 1 aromatic heterocycles. The van der Waals surface area contributed by atoms with Crippen molar-refractivity contribution in [2.75, 3.05) is 0 Å². The van der Waals surface area contributed by atoms with Gasteiger partial charge in [0.05, 0.1) is 5.21 Å². The molecule has 3 nitrogen and oxygen atoms in total.